The first-order valence-electron chi connectivity index (χ1n) is 12.9. The Bertz CT molecular complexity index is 1160. The fourth-order valence-electron chi connectivity index (χ4n) is 3.88. The molecule has 0 aliphatic heterocycles. The van der Waals surface area contributed by atoms with Crippen molar-refractivity contribution in [3.8, 4) is 23.0 Å². The lowest BCUT2D eigenvalue weighted by Crippen LogP contribution is -2.29. The topological polar surface area (TPSA) is 80.0 Å². The van der Waals surface area contributed by atoms with Gasteiger partial charge in [-0.3, -0.25) is 0 Å². The minimum Gasteiger partial charge on any atom is -0.493 e. The molecule has 37 heavy (non-hydrogen) atoms. The van der Waals surface area contributed by atoms with E-state index in [0.29, 0.717) is 49.4 Å². The minimum atomic E-state index is -0.690. The number of benzene rings is 2. The van der Waals surface area contributed by atoms with Crippen LogP contribution in [0.4, 0.5) is 0 Å². The average molecular weight is 510 g/mol. The van der Waals surface area contributed by atoms with Crippen LogP contribution in [-0.2, 0) is 32.7 Å². The van der Waals surface area contributed by atoms with Gasteiger partial charge in [-0.2, -0.15) is 0 Å². The molecule has 0 amide bonds. The molecular formula is C30H39NO6. The normalized spacial score (nSPS) is 12.3. The Morgan fingerprint density at radius 1 is 0.973 bits per heavy atom. The highest BCUT2D eigenvalue weighted by Gasteiger charge is 2.23. The van der Waals surface area contributed by atoms with Crippen LogP contribution in [0.1, 0.15) is 64.1 Å². The Kier molecular flexibility index (Phi) is 9.75. The van der Waals surface area contributed by atoms with E-state index in [4.69, 9.17) is 23.4 Å². The van der Waals surface area contributed by atoms with Crippen LogP contribution in [0.5, 0.6) is 11.5 Å². The first-order valence-corrected chi connectivity index (χ1v) is 12.9. The molecule has 0 saturated carbocycles. The van der Waals surface area contributed by atoms with E-state index >= 15 is 0 Å². The smallest absolute Gasteiger partial charge is 0.335 e. The van der Waals surface area contributed by atoms with Crippen molar-refractivity contribution in [3.63, 3.8) is 0 Å². The SMILES string of the molecule is CCOC(=O)C(Cc1ccc(OCc2nc(-c3ccc(C(C)(C)C)cc3)oc2C)cc1OCC)OCC. The van der Waals surface area contributed by atoms with E-state index in [1.165, 1.54) is 5.56 Å². The zero-order chi connectivity index (χ0) is 27.0. The number of aryl methyl sites for hydroxylation is 1. The van der Waals surface area contributed by atoms with Crippen molar-refractivity contribution >= 4 is 5.97 Å². The second-order valence-electron chi connectivity index (χ2n) is 9.74. The van der Waals surface area contributed by atoms with Crippen molar-refractivity contribution < 1.29 is 28.2 Å². The van der Waals surface area contributed by atoms with E-state index in [2.05, 4.69) is 37.9 Å². The second kappa shape index (κ2) is 12.8. The third-order valence-corrected chi connectivity index (χ3v) is 5.93. The number of oxazole rings is 1. The Hall–Kier alpha value is -3.32. The number of aromatic nitrogens is 1. The molecular weight excluding hydrogens is 470 g/mol. The number of esters is 1. The van der Waals surface area contributed by atoms with Crippen molar-refractivity contribution in [1.29, 1.82) is 0 Å². The molecule has 1 unspecified atom stereocenters. The molecule has 1 heterocycles. The molecule has 0 bridgehead atoms. The fourth-order valence-corrected chi connectivity index (χ4v) is 3.88. The summed E-state index contributed by atoms with van der Waals surface area (Å²) in [5.74, 6) is 2.19. The van der Waals surface area contributed by atoms with E-state index < -0.39 is 6.10 Å². The molecule has 2 aromatic carbocycles. The first kappa shape index (κ1) is 28.3. The lowest BCUT2D eigenvalue weighted by molar-refractivity contribution is -0.156. The van der Waals surface area contributed by atoms with Crippen LogP contribution in [0, 0.1) is 6.92 Å². The molecule has 1 atom stereocenters. The zero-order valence-electron chi connectivity index (χ0n) is 23.1. The van der Waals surface area contributed by atoms with Gasteiger partial charge >= 0.3 is 5.97 Å². The van der Waals surface area contributed by atoms with Gasteiger partial charge in [-0.25, -0.2) is 9.78 Å². The maximum absolute atomic E-state index is 12.3. The van der Waals surface area contributed by atoms with Gasteiger partial charge in [-0.05, 0) is 62.4 Å². The summed E-state index contributed by atoms with van der Waals surface area (Å²) < 4.78 is 28.6. The summed E-state index contributed by atoms with van der Waals surface area (Å²) in [6, 6.07) is 13.9. The lowest BCUT2D eigenvalue weighted by atomic mass is 9.87. The van der Waals surface area contributed by atoms with Gasteiger partial charge in [-0.1, -0.05) is 39.0 Å². The van der Waals surface area contributed by atoms with E-state index in [9.17, 15) is 4.79 Å². The third kappa shape index (κ3) is 7.59. The molecule has 0 spiro atoms. The number of rotatable bonds is 12. The van der Waals surface area contributed by atoms with Crippen molar-refractivity contribution in [2.24, 2.45) is 0 Å². The van der Waals surface area contributed by atoms with Crippen LogP contribution in [-0.4, -0.2) is 36.9 Å². The number of hydrogen-bond donors (Lipinski definition) is 0. The van der Waals surface area contributed by atoms with Crippen molar-refractivity contribution in [3.05, 3.63) is 65.0 Å². The van der Waals surface area contributed by atoms with E-state index in [-0.39, 0.29) is 18.0 Å². The Labute approximate surface area is 220 Å². The van der Waals surface area contributed by atoms with Crippen LogP contribution < -0.4 is 9.47 Å². The van der Waals surface area contributed by atoms with E-state index in [1.807, 2.05) is 51.1 Å². The highest BCUT2D eigenvalue weighted by molar-refractivity contribution is 5.75. The molecule has 0 radical (unpaired) electrons. The van der Waals surface area contributed by atoms with Crippen LogP contribution in [0.15, 0.2) is 46.9 Å². The fraction of sp³-hybridized carbons (Fsp3) is 0.467. The lowest BCUT2D eigenvalue weighted by Gasteiger charge is -2.18. The number of ether oxygens (including phenoxy) is 4. The van der Waals surface area contributed by atoms with Gasteiger partial charge in [0.25, 0.3) is 0 Å². The number of carbonyl (C=O) groups excluding carboxylic acids is 1. The second-order valence-corrected chi connectivity index (χ2v) is 9.74. The Balaban J connectivity index is 1.72. The van der Waals surface area contributed by atoms with Crippen LogP contribution in [0.3, 0.4) is 0 Å². The average Bonchev–Trinajstić information content (AvgIpc) is 3.24. The zero-order valence-corrected chi connectivity index (χ0v) is 23.1. The Morgan fingerprint density at radius 2 is 1.70 bits per heavy atom. The predicted molar refractivity (Wildman–Crippen MR) is 143 cm³/mol. The molecule has 1 aromatic heterocycles. The molecule has 0 fully saturated rings. The molecule has 3 aromatic rings. The van der Waals surface area contributed by atoms with Crippen LogP contribution in [0.25, 0.3) is 11.5 Å². The molecule has 0 aliphatic rings. The summed E-state index contributed by atoms with van der Waals surface area (Å²) in [6.07, 6.45) is -0.341. The van der Waals surface area contributed by atoms with Gasteiger partial charge in [0.15, 0.2) is 6.10 Å². The van der Waals surface area contributed by atoms with Gasteiger partial charge in [0.1, 0.15) is 29.6 Å². The number of carbonyl (C=O) groups is 1. The maximum atomic E-state index is 12.3. The predicted octanol–water partition coefficient (Wildman–Crippen LogP) is 6.44. The van der Waals surface area contributed by atoms with Crippen molar-refractivity contribution in [2.45, 2.75) is 73.0 Å². The van der Waals surface area contributed by atoms with Crippen molar-refractivity contribution in [1.82, 2.24) is 4.98 Å². The molecule has 7 heteroatoms. The summed E-state index contributed by atoms with van der Waals surface area (Å²) in [4.78, 5) is 17.0. The molecule has 0 N–H and O–H groups in total. The molecule has 3 rings (SSSR count). The van der Waals surface area contributed by atoms with Gasteiger partial charge in [0, 0.05) is 24.7 Å². The van der Waals surface area contributed by atoms with Gasteiger partial charge in [0.05, 0.1) is 13.2 Å². The highest BCUT2D eigenvalue weighted by Crippen LogP contribution is 2.29. The summed E-state index contributed by atoms with van der Waals surface area (Å²) in [5.41, 5.74) is 3.85. The van der Waals surface area contributed by atoms with Crippen LogP contribution >= 0.6 is 0 Å². The van der Waals surface area contributed by atoms with E-state index in [0.717, 1.165) is 16.8 Å². The Morgan fingerprint density at radius 3 is 2.32 bits per heavy atom. The van der Waals surface area contributed by atoms with E-state index in [1.54, 1.807) is 6.92 Å². The molecule has 200 valence electrons. The standard InChI is InChI=1S/C30H39NO6/c1-8-33-26-18-24(16-13-22(26)17-27(34-9-2)29(32)35-10-3)36-19-25-20(4)37-28(31-25)21-11-14-23(15-12-21)30(5,6)7/h11-16,18,27H,8-10,17,19H2,1-7H3. The summed E-state index contributed by atoms with van der Waals surface area (Å²) in [7, 11) is 0. The van der Waals surface area contributed by atoms with Crippen LogP contribution in [0.2, 0.25) is 0 Å². The maximum Gasteiger partial charge on any atom is 0.335 e. The quantitative estimate of drug-likeness (QED) is 0.260. The largest absolute Gasteiger partial charge is 0.493 e. The highest BCUT2D eigenvalue weighted by atomic mass is 16.6. The molecule has 7 nitrogen and oxygen atoms in total. The minimum absolute atomic E-state index is 0.0860. The van der Waals surface area contributed by atoms with Gasteiger partial charge in [-0.15, -0.1) is 0 Å². The first-order chi connectivity index (χ1) is 17.7. The van der Waals surface area contributed by atoms with Gasteiger partial charge in [0.2, 0.25) is 5.89 Å². The third-order valence-electron chi connectivity index (χ3n) is 5.93. The van der Waals surface area contributed by atoms with Gasteiger partial charge < -0.3 is 23.4 Å². The van der Waals surface area contributed by atoms with Crippen molar-refractivity contribution in [2.75, 3.05) is 19.8 Å². The summed E-state index contributed by atoms with van der Waals surface area (Å²) in [6.45, 7) is 15.4. The number of hydrogen-bond acceptors (Lipinski definition) is 7. The summed E-state index contributed by atoms with van der Waals surface area (Å²) in [5, 5.41) is 0. The molecule has 0 aliphatic carbocycles. The summed E-state index contributed by atoms with van der Waals surface area (Å²) >= 11 is 0. The number of nitrogens with zero attached hydrogens (tertiary/aromatic N) is 1. The molecule has 0 saturated heterocycles. The monoisotopic (exact) mass is 509 g/mol.